The van der Waals surface area contributed by atoms with Crippen LogP contribution in [-0.4, -0.2) is 24.5 Å². The molecule has 2 aromatic carbocycles. The van der Waals surface area contributed by atoms with E-state index in [-0.39, 0.29) is 5.91 Å². The zero-order valence-corrected chi connectivity index (χ0v) is 17.7. The number of ether oxygens (including phenoxy) is 1. The molecule has 3 aromatic rings. The Hall–Kier alpha value is -3.14. The van der Waals surface area contributed by atoms with Gasteiger partial charge < -0.3 is 10.1 Å². The summed E-state index contributed by atoms with van der Waals surface area (Å²) in [5.41, 5.74) is 5.71. The lowest BCUT2D eigenvalue weighted by molar-refractivity contribution is 0.0955. The predicted octanol–water partition coefficient (Wildman–Crippen LogP) is 5.84. The maximum atomic E-state index is 13.2. The van der Waals surface area contributed by atoms with Gasteiger partial charge in [0.1, 0.15) is 5.75 Å². The maximum absolute atomic E-state index is 13.2. The van der Waals surface area contributed by atoms with E-state index < -0.39 is 0 Å². The topological polar surface area (TPSA) is 51.2 Å². The molecule has 0 bridgehead atoms. The van der Waals surface area contributed by atoms with Crippen LogP contribution in [0.4, 0.5) is 0 Å². The van der Waals surface area contributed by atoms with Gasteiger partial charge in [0.2, 0.25) is 0 Å². The van der Waals surface area contributed by atoms with E-state index in [1.807, 2.05) is 55.5 Å². The van der Waals surface area contributed by atoms with Crippen molar-refractivity contribution in [2.75, 3.05) is 13.7 Å². The number of methoxy groups -OCH3 is 1. The number of fused-ring (bicyclic) bond motifs is 1. The molecule has 30 heavy (non-hydrogen) atoms. The summed E-state index contributed by atoms with van der Waals surface area (Å²) in [4.78, 5) is 18.1. The fourth-order valence-electron chi connectivity index (χ4n) is 4.19. The van der Waals surface area contributed by atoms with Gasteiger partial charge in [0.05, 0.1) is 23.9 Å². The second-order valence-corrected chi connectivity index (χ2v) is 7.82. The number of nitrogens with one attached hydrogen (secondary N) is 1. The molecule has 0 spiro atoms. The van der Waals surface area contributed by atoms with Gasteiger partial charge in [-0.15, -0.1) is 0 Å². The van der Waals surface area contributed by atoms with Crippen molar-refractivity contribution >= 4 is 16.8 Å². The van der Waals surface area contributed by atoms with Crippen LogP contribution >= 0.6 is 0 Å². The van der Waals surface area contributed by atoms with E-state index in [1.165, 1.54) is 24.8 Å². The Bertz CT molecular complexity index is 1080. The van der Waals surface area contributed by atoms with Gasteiger partial charge in [0, 0.05) is 17.5 Å². The van der Waals surface area contributed by atoms with Crippen LogP contribution in [0.3, 0.4) is 0 Å². The molecule has 1 aromatic heterocycles. The summed E-state index contributed by atoms with van der Waals surface area (Å²) in [6.07, 6.45) is 8.15. The summed E-state index contributed by atoms with van der Waals surface area (Å²) in [5, 5.41) is 4.04. The minimum absolute atomic E-state index is 0.0303. The molecule has 0 saturated heterocycles. The number of nitrogens with zero attached hydrogens (tertiary/aromatic N) is 1. The van der Waals surface area contributed by atoms with Crippen molar-refractivity contribution in [1.82, 2.24) is 10.3 Å². The lowest BCUT2D eigenvalue weighted by atomic mass is 9.96. The number of rotatable bonds is 6. The Morgan fingerprint density at radius 2 is 1.90 bits per heavy atom. The number of hydrogen-bond donors (Lipinski definition) is 1. The van der Waals surface area contributed by atoms with Crippen molar-refractivity contribution < 1.29 is 9.53 Å². The van der Waals surface area contributed by atoms with Crippen LogP contribution in [0.1, 0.15) is 48.0 Å². The molecule has 1 amide bonds. The van der Waals surface area contributed by atoms with Crippen molar-refractivity contribution in [1.29, 1.82) is 0 Å². The highest BCUT2D eigenvalue weighted by Gasteiger charge is 2.19. The molecule has 1 aliphatic carbocycles. The van der Waals surface area contributed by atoms with Gasteiger partial charge in [-0.1, -0.05) is 29.8 Å². The third-order valence-electron chi connectivity index (χ3n) is 5.84. The van der Waals surface area contributed by atoms with Crippen molar-refractivity contribution in [2.24, 2.45) is 0 Å². The highest BCUT2D eigenvalue weighted by Crippen LogP contribution is 2.30. The second kappa shape index (κ2) is 9.12. The van der Waals surface area contributed by atoms with Gasteiger partial charge >= 0.3 is 0 Å². The molecule has 4 rings (SSSR count). The third-order valence-corrected chi connectivity index (χ3v) is 5.84. The summed E-state index contributed by atoms with van der Waals surface area (Å²) in [6, 6.07) is 15.7. The van der Waals surface area contributed by atoms with Crippen LogP contribution in [0, 0.1) is 6.92 Å². The first kappa shape index (κ1) is 20.1. The van der Waals surface area contributed by atoms with Crippen molar-refractivity contribution in [3.8, 4) is 17.0 Å². The minimum atomic E-state index is -0.0303. The fourth-order valence-corrected chi connectivity index (χ4v) is 4.19. The quantitative estimate of drug-likeness (QED) is 0.529. The molecule has 0 atom stereocenters. The largest absolute Gasteiger partial charge is 0.497 e. The molecule has 1 aliphatic rings. The molecule has 0 fully saturated rings. The number of allylic oxidation sites excluding steroid dienone is 1. The fraction of sp³-hybridized carbons (Fsp3) is 0.308. The van der Waals surface area contributed by atoms with Crippen LogP contribution in [-0.2, 0) is 0 Å². The zero-order valence-electron chi connectivity index (χ0n) is 17.7. The number of hydrogen-bond acceptors (Lipinski definition) is 3. The summed E-state index contributed by atoms with van der Waals surface area (Å²) < 4.78 is 5.27. The molecule has 154 valence electrons. The third kappa shape index (κ3) is 4.23. The van der Waals surface area contributed by atoms with Crippen LogP contribution in [0.5, 0.6) is 5.75 Å². The highest BCUT2D eigenvalue weighted by atomic mass is 16.5. The molecule has 0 radical (unpaired) electrons. The molecule has 0 saturated carbocycles. The zero-order chi connectivity index (χ0) is 20.9. The molecular formula is C26H28N2O2. The SMILES string of the molecule is COc1ccc(-c2nc3ccccc3c(C(=O)NCCC3=CCCCC3)c2C)cc1. The highest BCUT2D eigenvalue weighted by molar-refractivity contribution is 6.08. The van der Waals surface area contributed by atoms with E-state index >= 15 is 0 Å². The number of carbonyl (C=O) groups is 1. The lowest BCUT2D eigenvalue weighted by Gasteiger charge is -2.16. The number of pyridine rings is 1. The summed E-state index contributed by atoms with van der Waals surface area (Å²) in [6.45, 7) is 2.65. The van der Waals surface area contributed by atoms with E-state index in [9.17, 15) is 4.79 Å². The molecular weight excluding hydrogens is 372 g/mol. The lowest BCUT2D eigenvalue weighted by Crippen LogP contribution is -2.26. The van der Waals surface area contributed by atoms with E-state index in [0.717, 1.165) is 46.3 Å². The Morgan fingerprint density at radius 3 is 2.63 bits per heavy atom. The molecule has 1 heterocycles. The number of para-hydroxylation sites is 1. The van der Waals surface area contributed by atoms with Crippen molar-refractivity contribution in [3.63, 3.8) is 0 Å². The standard InChI is InChI=1S/C26H28N2O2/c1-18-24(26(29)27-17-16-19-8-4-3-5-9-19)22-10-6-7-11-23(22)28-25(18)20-12-14-21(30-2)15-13-20/h6-8,10-15H,3-5,9,16-17H2,1-2H3,(H,27,29). The van der Waals surface area contributed by atoms with Gasteiger partial charge in [-0.2, -0.15) is 0 Å². The van der Waals surface area contributed by atoms with E-state index in [1.54, 1.807) is 7.11 Å². The smallest absolute Gasteiger partial charge is 0.252 e. The van der Waals surface area contributed by atoms with Gasteiger partial charge in [-0.05, 0) is 74.9 Å². The van der Waals surface area contributed by atoms with Gasteiger partial charge in [0.25, 0.3) is 5.91 Å². The first-order valence-electron chi connectivity index (χ1n) is 10.7. The van der Waals surface area contributed by atoms with Crippen molar-refractivity contribution in [2.45, 2.75) is 39.0 Å². The molecule has 0 aliphatic heterocycles. The number of carbonyl (C=O) groups excluding carboxylic acids is 1. The average molecular weight is 401 g/mol. The molecule has 4 heteroatoms. The first-order chi connectivity index (χ1) is 14.7. The average Bonchev–Trinajstić information content (AvgIpc) is 2.79. The molecule has 0 unspecified atom stereocenters. The second-order valence-electron chi connectivity index (χ2n) is 7.82. The monoisotopic (exact) mass is 400 g/mol. The van der Waals surface area contributed by atoms with Gasteiger partial charge in [0.15, 0.2) is 0 Å². The van der Waals surface area contributed by atoms with Crippen molar-refractivity contribution in [3.05, 3.63) is 71.3 Å². The Kier molecular flexibility index (Phi) is 6.12. The summed E-state index contributed by atoms with van der Waals surface area (Å²) >= 11 is 0. The van der Waals surface area contributed by atoms with Crippen LogP contribution < -0.4 is 10.1 Å². The number of benzene rings is 2. The van der Waals surface area contributed by atoms with Gasteiger partial charge in [-0.25, -0.2) is 4.98 Å². The predicted molar refractivity (Wildman–Crippen MR) is 122 cm³/mol. The molecule has 4 nitrogen and oxygen atoms in total. The van der Waals surface area contributed by atoms with E-state index in [0.29, 0.717) is 12.1 Å². The van der Waals surface area contributed by atoms with Crippen LogP contribution in [0.2, 0.25) is 0 Å². The number of aromatic nitrogens is 1. The maximum Gasteiger partial charge on any atom is 0.252 e. The van der Waals surface area contributed by atoms with E-state index in [2.05, 4.69) is 11.4 Å². The number of amides is 1. The van der Waals surface area contributed by atoms with E-state index in [4.69, 9.17) is 9.72 Å². The summed E-state index contributed by atoms with van der Waals surface area (Å²) in [5.74, 6) is 0.768. The first-order valence-corrected chi connectivity index (χ1v) is 10.7. The molecule has 1 N–H and O–H groups in total. The normalized spacial score (nSPS) is 13.7. The Balaban J connectivity index is 1.66. The minimum Gasteiger partial charge on any atom is -0.497 e. The van der Waals surface area contributed by atoms with Crippen LogP contribution in [0.25, 0.3) is 22.2 Å². The van der Waals surface area contributed by atoms with Crippen LogP contribution in [0.15, 0.2) is 60.2 Å². The summed E-state index contributed by atoms with van der Waals surface area (Å²) in [7, 11) is 1.65. The van der Waals surface area contributed by atoms with Gasteiger partial charge in [-0.3, -0.25) is 4.79 Å². The Morgan fingerprint density at radius 1 is 1.10 bits per heavy atom. The Labute approximate surface area is 178 Å².